The third-order valence-electron chi connectivity index (χ3n) is 2.93. The van der Waals surface area contributed by atoms with Crippen LogP contribution in [-0.4, -0.2) is 34.4 Å². The second-order valence-electron chi connectivity index (χ2n) is 4.62. The maximum Gasteiger partial charge on any atom is 0.241 e. The van der Waals surface area contributed by atoms with Crippen LogP contribution in [0.4, 0.5) is 5.82 Å². The number of nitrogen functional groups attached to an aromatic ring is 1. The van der Waals surface area contributed by atoms with Crippen molar-refractivity contribution in [2.45, 2.75) is 31.9 Å². The normalized spacial score (nSPS) is 23.8. The van der Waals surface area contributed by atoms with E-state index in [0.717, 1.165) is 19.4 Å². The highest BCUT2D eigenvalue weighted by Crippen LogP contribution is 2.23. The summed E-state index contributed by atoms with van der Waals surface area (Å²) in [6, 6.07) is 1.66. The number of hydrogen-bond donors (Lipinski definition) is 2. The van der Waals surface area contributed by atoms with E-state index in [9.17, 15) is 4.79 Å². The molecule has 0 aromatic carbocycles. The molecule has 6 heteroatoms. The van der Waals surface area contributed by atoms with Gasteiger partial charge in [-0.2, -0.15) is 5.10 Å². The summed E-state index contributed by atoms with van der Waals surface area (Å²) in [4.78, 5) is 11.7. The molecule has 0 bridgehead atoms. The lowest BCUT2D eigenvalue weighted by atomic mass is 10.0. The molecular weight excluding hydrogens is 220 g/mol. The largest absolute Gasteiger partial charge is 0.382 e. The van der Waals surface area contributed by atoms with E-state index in [0.29, 0.717) is 12.4 Å². The van der Waals surface area contributed by atoms with Crippen molar-refractivity contribution in [1.29, 1.82) is 0 Å². The Morgan fingerprint density at radius 1 is 1.76 bits per heavy atom. The van der Waals surface area contributed by atoms with E-state index in [1.54, 1.807) is 12.3 Å². The quantitative estimate of drug-likeness (QED) is 0.782. The minimum Gasteiger partial charge on any atom is -0.382 e. The molecule has 1 aliphatic rings. The third-order valence-corrected chi connectivity index (χ3v) is 2.93. The second kappa shape index (κ2) is 4.75. The maximum absolute atomic E-state index is 11.7. The first-order valence-electron chi connectivity index (χ1n) is 5.77. The lowest BCUT2D eigenvalue weighted by Gasteiger charge is -2.23. The molecule has 1 saturated heterocycles. The molecule has 2 rings (SSSR count). The van der Waals surface area contributed by atoms with E-state index in [2.05, 4.69) is 10.4 Å². The number of nitrogens with one attached hydrogen (secondary N) is 1. The Hall–Kier alpha value is -1.56. The molecule has 1 aromatic rings. The summed E-state index contributed by atoms with van der Waals surface area (Å²) in [6.07, 6.45) is 3.73. The highest BCUT2D eigenvalue weighted by atomic mass is 16.5. The monoisotopic (exact) mass is 238 g/mol. The Balaban J connectivity index is 1.77. The van der Waals surface area contributed by atoms with Gasteiger partial charge in [-0.25, -0.2) is 0 Å². The van der Waals surface area contributed by atoms with Crippen LogP contribution in [0.1, 0.15) is 19.8 Å². The summed E-state index contributed by atoms with van der Waals surface area (Å²) in [5.74, 6) is 0.341. The van der Waals surface area contributed by atoms with Gasteiger partial charge in [0.15, 0.2) is 0 Å². The number of amides is 1. The van der Waals surface area contributed by atoms with E-state index in [1.165, 1.54) is 4.68 Å². The standard InChI is InChI=1S/C11H18N4O2/c1-11(4-2-6-17-11)8-13-10(16)7-15-5-3-9(12)14-15/h3,5H,2,4,6-8H2,1H3,(H2,12,14)(H,13,16). The highest BCUT2D eigenvalue weighted by molar-refractivity contribution is 5.75. The molecule has 0 radical (unpaired) electrons. The van der Waals surface area contributed by atoms with Gasteiger partial charge in [0.1, 0.15) is 12.4 Å². The molecule has 1 amide bonds. The summed E-state index contributed by atoms with van der Waals surface area (Å²) >= 11 is 0. The molecule has 17 heavy (non-hydrogen) atoms. The van der Waals surface area contributed by atoms with Gasteiger partial charge in [0.25, 0.3) is 0 Å². The third kappa shape index (κ3) is 3.20. The molecule has 6 nitrogen and oxygen atoms in total. The summed E-state index contributed by atoms with van der Waals surface area (Å²) in [7, 11) is 0. The first-order valence-corrected chi connectivity index (χ1v) is 5.77. The van der Waals surface area contributed by atoms with Crippen molar-refractivity contribution in [2.75, 3.05) is 18.9 Å². The minimum atomic E-state index is -0.210. The number of carbonyl (C=O) groups excluding carboxylic acids is 1. The van der Waals surface area contributed by atoms with Gasteiger partial charge in [-0.3, -0.25) is 9.48 Å². The number of ether oxygens (including phenoxy) is 1. The van der Waals surface area contributed by atoms with Crippen LogP contribution in [0.25, 0.3) is 0 Å². The van der Waals surface area contributed by atoms with Crippen LogP contribution < -0.4 is 11.1 Å². The van der Waals surface area contributed by atoms with Crippen molar-refractivity contribution in [3.8, 4) is 0 Å². The molecule has 1 atom stereocenters. The maximum atomic E-state index is 11.7. The molecule has 0 aliphatic carbocycles. The Morgan fingerprint density at radius 3 is 3.18 bits per heavy atom. The van der Waals surface area contributed by atoms with Crippen LogP contribution in [0.15, 0.2) is 12.3 Å². The summed E-state index contributed by atoms with van der Waals surface area (Å²) < 4.78 is 7.10. The molecule has 2 heterocycles. The first-order chi connectivity index (χ1) is 8.07. The van der Waals surface area contributed by atoms with Gasteiger partial charge >= 0.3 is 0 Å². The van der Waals surface area contributed by atoms with Crippen molar-refractivity contribution < 1.29 is 9.53 Å². The van der Waals surface area contributed by atoms with Crippen LogP contribution in [0.2, 0.25) is 0 Å². The van der Waals surface area contributed by atoms with Crippen LogP contribution in [0, 0.1) is 0 Å². The first kappa shape index (κ1) is 11.9. The van der Waals surface area contributed by atoms with Gasteiger partial charge in [-0.1, -0.05) is 0 Å². The van der Waals surface area contributed by atoms with Gasteiger partial charge in [0.05, 0.1) is 5.60 Å². The molecule has 0 saturated carbocycles. The van der Waals surface area contributed by atoms with E-state index in [4.69, 9.17) is 10.5 Å². The second-order valence-corrected chi connectivity index (χ2v) is 4.62. The zero-order chi connectivity index (χ0) is 12.3. The molecule has 3 N–H and O–H groups in total. The van der Waals surface area contributed by atoms with Gasteiger partial charge in [0.2, 0.25) is 5.91 Å². The SMILES string of the molecule is CC1(CNC(=O)Cn2ccc(N)n2)CCCO1. The van der Waals surface area contributed by atoms with Crippen molar-refractivity contribution in [3.05, 3.63) is 12.3 Å². The van der Waals surface area contributed by atoms with Crippen molar-refractivity contribution in [2.24, 2.45) is 0 Å². The van der Waals surface area contributed by atoms with Gasteiger partial charge in [-0.05, 0) is 25.8 Å². The van der Waals surface area contributed by atoms with Gasteiger partial charge in [-0.15, -0.1) is 0 Å². The zero-order valence-corrected chi connectivity index (χ0v) is 9.98. The zero-order valence-electron chi connectivity index (χ0n) is 9.98. The molecule has 1 aromatic heterocycles. The Labute approximate surface area is 100 Å². The van der Waals surface area contributed by atoms with Crippen molar-refractivity contribution in [3.63, 3.8) is 0 Å². The van der Waals surface area contributed by atoms with Crippen molar-refractivity contribution >= 4 is 11.7 Å². The van der Waals surface area contributed by atoms with Crippen LogP contribution >= 0.6 is 0 Å². The molecular formula is C11H18N4O2. The van der Waals surface area contributed by atoms with Crippen LogP contribution in [0.3, 0.4) is 0 Å². The fourth-order valence-electron chi connectivity index (χ4n) is 1.93. The van der Waals surface area contributed by atoms with Crippen molar-refractivity contribution in [1.82, 2.24) is 15.1 Å². The molecule has 1 unspecified atom stereocenters. The number of hydrogen-bond acceptors (Lipinski definition) is 4. The summed E-state index contributed by atoms with van der Waals surface area (Å²) in [6.45, 7) is 3.53. The molecule has 0 spiro atoms. The Bertz CT molecular complexity index is 396. The lowest BCUT2D eigenvalue weighted by Crippen LogP contribution is -2.41. The van der Waals surface area contributed by atoms with E-state index >= 15 is 0 Å². The number of nitrogens with two attached hydrogens (primary N) is 1. The molecule has 1 fully saturated rings. The number of anilines is 1. The molecule has 94 valence electrons. The Kier molecular flexibility index (Phi) is 3.33. The summed E-state index contributed by atoms with van der Waals surface area (Å²) in [5, 5.41) is 6.81. The van der Waals surface area contributed by atoms with E-state index in [1.807, 2.05) is 6.92 Å². The van der Waals surface area contributed by atoms with E-state index in [-0.39, 0.29) is 18.1 Å². The number of rotatable bonds is 4. The van der Waals surface area contributed by atoms with Gasteiger partial charge < -0.3 is 15.8 Å². The van der Waals surface area contributed by atoms with Crippen LogP contribution in [0.5, 0.6) is 0 Å². The summed E-state index contributed by atoms with van der Waals surface area (Å²) in [5.41, 5.74) is 5.26. The predicted octanol–water partition coefficient (Wildman–Crippen LogP) is 0.151. The fourth-order valence-corrected chi connectivity index (χ4v) is 1.93. The average Bonchev–Trinajstić information content (AvgIpc) is 2.86. The smallest absolute Gasteiger partial charge is 0.241 e. The van der Waals surface area contributed by atoms with Gasteiger partial charge in [0, 0.05) is 19.3 Å². The number of aromatic nitrogens is 2. The lowest BCUT2D eigenvalue weighted by molar-refractivity contribution is -0.123. The van der Waals surface area contributed by atoms with E-state index < -0.39 is 0 Å². The average molecular weight is 238 g/mol. The fraction of sp³-hybridized carbons (Fsp3) is 0.636. The topological polar surface area (TPSA) is 82.2 Å². The Morgan fingerprint density at radius 2 is 2.59 bits per heavy atom. The number of nitrogens with zero attached hydrogens (tertiary/aromatic N) is 2. The highest BCUT2D eigenvalue weighted by Gasteiger charge is 2.29. The number of carbonyl (C=O) groups is 1. The predicted molar refractivity (Wildman–Crippen MR) is 63.2 cm³/mol. The van der Waals surface area contributed by atoms with Crippen LogP contribution in [-0.2, 0) is 16.1 Å². The minimum absolute atomic E-state index is 0.0789. The molecule has 1 aliphatic heterocycles.